The van der Waals surface area contributed by atoms with Crippen molar-refractivity contribution in [2.45, 2.75) is 26.1 Å². The molecule has 1 aromatic heterocycles. The van der Waals surface area contributed by atoms with Gasteiger partial charge in [0.15, 0.2) is 0 Å². The van der Waals surface area contributed by atoms with Gasteiger partial charge in [0, 0.05) is 47.1 Å². The molecule has 35 heavy (non-hydrogen) atoms. The number of hydrogen-bond acceptors (Lipinski definition) is 5. The van der Waals surface area contributed by atoms with Crippen LogP contribution in [0.4, 0.5) is 10.1 Å². The molecule has 2 unspecified atom stereocenters. The summed E-state index contributed by atoms with van der Waals surface area (Å²) < 4.78 is 26.5. The molecule has 0 N–H and O–H groups in total. The Morgan fingerprint density at radius 1 is 1.00 bits per heavy atom. The van der Waals surface area contributed by atoms with Gasteiger partial charge in [0.25, 0.3) is 0 Å². The Bertz CT molecular complexity index is 1420. The number of ether oxygens (including phenoxy) is 2. The monoisotopic (exact) mass is 467 g/mol. The Kier molecular flexibility index (Phi) is 6.10. The Hall–Kier alpha value is -3.95. The number of nitrogens with zero attached hydrogens (tertiary/aromatic N) is 3. The lowest BCUT2D eigenvalue weighted by atomic mass is 9.97. The summed E-state index contributed by atoms with van der Waals surface area (Å²) in [6.45, 7) is 5.92. The highest BCUT2D eigenvalue weighted by molar-refractivity contribution is 6.00. The van der Waals surface area contributed by atoms with E-state index in [4.69, 9.17) is 19.7 Å². The first-order chi connectivity index (χ1) is 17.0. The summed E-state index contributed by atoms with van der Waals surface area (Å²) in [5.41, 5.74) is 4.99. The van der Waals surface area contributed by atoms with Gasteiger partial charge in [0.1, 0.15) is 11.6 Å². The van der Waals surface area contributed by atoms with E-state index in [0.717, 1.165) is 35.3 Å². The van der Waals surface area contributed by atoms with Gasteiger partial charge >= 0.3 is 0 Å². The fourth-order valence-corrected chi connectivity index (χ4v) is 4.89. The normalized spacial score (nSPS) is 17.9. The molecule has 0 saturated carbocycles. The molecule has 6 heteroatoms. The number of anilines is 1. The van der Waals surface area contributed by atoms with Crippen LogP contribution >= 0.6 is 0 Å². The average Bonchev–Trinajstić information content (AvgIpc) is 2.87. The zero-order valence-corrected chi connectivity index (χ0v) is 20.0. The van der Waals surface area contributed by atoms with Gasteiger partial charge in [-0.1, -0.05) is 30.3 Å². The van der Waals surface area contributed by atoms with Crippen LogP contribution in [0.5, 0.6) is 5.75 Å². The van der Waals surface area contributed by atoms with Crippen molar-refractivity contribution in [3.63, 3.8) is 0 Å². The second kappa shape index (κ2) is 9.36. The number of morpholine rings is 1. The molecule has 3 aromatic carbocycles. The highest BCUT2D eigenvalue weighted by Gasteiger charge is 2.23. The quantitative estimate of drug-likeness (QED) is 0.358. The lowest BCUT2D eigenvalue weighted by Gasteiger charge is -2.36. The van der Waals surface area contributed by atoms with Crippen LogP contribution in [-0.4, -0.2) is 37.4 Å². The molecular weight excluding hydrogens is 441 g/mol. The molecule has 2 heterocycles. The highest BCUT2D eigenvalue weighted by Crippen LogP contribution is 2.40. The molecule has 1 fully saturated rings. The zero-order valence-electron chi connectivity index (χ0n) is 20.0. The van der Waals surface area contributed by atoms with Gasteiger partial charge in [-0.2, -0.15) is 5.26 Å². The number of hydrogen-bond donors (Lipinski definition) is 0. The number of aromatic nitrogens is 1. The number of rotatable bonds is 4. The number of para-hydroxylation sites is 1. The van der Waals surface area contributed by atoms with Crippen LogP contribution in [0.15, 0.2) is 66.9 Å². The summed E-state index contributed by atoms with van der Waals surface area (Å²) in [7, 11) is 1.64. The van der Waals surface area contributed by atoms with E-state index in [1.54, 1.807) is 25.4 Å². The fourth-order valence-electron chi connectivity index (χ4n) is 4.89. The summed E-state index contributed by atoms with van der Waals surface area (Å²) in [4.78, 5) is 7.06. The van der Waals surface area contributed by atoms with Gasteiger partial charge in [-0.15, -0.1) is 0 Å². The van der Waals surface area contributed by atoms with Crippen molar-refractivity contribution in [1.82, 2.24) is 4.98 Å². The van der Waals surface area contributed by atoms with Crippen molar-refractivity contribution in [2.75, 3.05) is 25.1 Å². The zero-order chi connectivity index (χ0) is 24.5. The van der Waals surface area contributed by atoms with E-state index in [1.807, 2.05) is 24.3 Å². The highest BCUT2D eigenvalue weighted by atomic mass is 19.1. The van der Waals surface area contributed by atoms with E-state index >= 15 is 0 Å². The standard InChI is InChI=1S/C29H26FN3O2/c1-18-16-33(17-19(2)35-18)22-10-8-21(9-11-22)26-15-32-28-24(5-4-6-25(28)29(26)34-3)23-12-7-20(14-31)13-27(23)30/h4-13,15,18-19H,16-17H2,1-3H3. The molecule has 176 valence electrons. The molecule has 4 aromatic rings. The van der Waals surface area contributed by atoms with Gasteiger partial charge in [-0.3, -0.25) is 4.98 Å². The molecule has 2 atom stereocenters. The van der Waals surface area contributed by atoms with Crippen molar-refractivity contribution in [3.05, 3.63) is 78.2 Å². The summed E-state index contributed by atoms with van der Waals surface area (Å²) >= 11 is 0. The summed E-state index contributed by atoms with van der Waals surface area (Å²) in [6.07, 6.45) is 2.16. The van der Waals surface area contributed by atoms with Crippen LogP contribution in [0.2, 0.25) is 0 Å². The van der Waals surface area contributed by atoms with Crippen LogP contribution < -0.4 is 9.64 Å². The molecule has 0 aliphatic carbocycles. The molecule has 5 rings (SSSR count). The predicted octanol–water partition coefficient (Wildman–Crippen LogP) is 6.20. The van der Waals surface area contributed by atoms with E-state index in [-0.39, 0.29) is 17.8 Å². The predicted molar refractivity (Wildman–Crippen MR) is 136 cm³/mol. The van der Waals surface area contributed by atoms with Gasteiger partial charge in [-0.05, 0) is 49.7 Å². The molecular formula is C29H26FN3O2. The second-order valence-electron chi connectivity index (χ2n) is 8.92. The number of methoxy groups -OCH3 is 1. The van der Waals surface area contributed by atoms with Crippen molar-refractivity contribution >= 4 is 16.6 Å². The third-order valence-electron chi connectivity index (χ3n) is 6.40. The fraction of sp³-hybridized carbons (Fsp3) is 0.241. The maximum absolute atomic E-state index is 14.8. The van der Waals surface area contributed by atoms with Crippen molar-refractivity contribution < 1.29 is 13.9 Å². The van der Waals surface area contributed by atoms with Gasteiger partial charge < -0.3 is 14.4 Å². The van der Waals surface area contributed by atoms with Crippen molar-refractivity contribution in [2.24, 2.45) is 0 Å². The van der Waals surface area contributed by atoms with Crippen molar-refractivity contribution in [1.29, 1.82) is 5.26 Å². The van der Waals surface area contributed by atoms with Crippen LogP contribution in [0, 0.1) is 17.1 Å². The van der Waals surface area contributed by atoms with E-state index in [2.05, 4.69) is 43.0 Å². The third kappa shape index (κ3) is 4.31. The SMILES string of the molecule is COc1c(-c2ccc(N3CC(C)OC(C)C3)cc2)cnc2c(-c3ccc(C#N)cc3F)cccc12. The molecule has 0 amide bonds. The maximum atomic E-state index is 14.8. The Morgan fingerprint density at radius 2 is 1.74 bits per heavy atom. The van der Waals surface area contributed by atoms with Crippen LogP contribution in [-0.2, 0) is 4.74 Å². The summed E-state index contributed by atoms with van der Waals surface area (Å²) in [5.74, 6) is 0.232. The largest absolute Gasteiger partial charge is 0.495 e. The first-order valence-electron chi connectivity index (χ1n) is 11.6. The van der Waals surface area contributed by atoms with Crippen molar-refractivity contribution in [3.8, 4) is 34.1 Å². The Balaban J connectivity index is 1.54. The summed E-state index contributed by atoms with van der Waals surface area (Å²) in [6, 6.07) is 20.5. The maximum Gasteiger partial charge on any atom is 0.137 e. The smallest absolute Gasteiger partial charge is 0.137 e. The number of halogens is 1. The molecule has 5 nitrogen and oxygen atoms in total. The Labute approximate surface area is 204 Å². The molecule has 1 aliphatic heterocycles. The molecule has 1 aliphatic rings. The van der Waals surface area contributed by atoms with Gasteiger partial charge in [0.05, 0.1) is 36.5 Å². The second-order valence-corrected chi connectivity index (χ2v) is 8.92. The Morgan fingerprint density at radius 3 is 2.40 bits per heavy atom. The van der Waals surface area contributed by atoms with Gasteiger partial charge in [0.2, 0.25) is 0 Å². The van der Waals surface area contributed by atoms with Gasteiger partial charge in [-0.25, -0.2) is 4.39 Å². The first kappa shape index (κ1) is 22.8. The number of pyridine rings is 1. The lowest BCUT2D eigenvalue weighted by molar-refractivity contribution is -0.00521. The number of nitriles is 1. The molecule has 0 spiro atoms. The molecule has 0 radical (unpaired) electrons. The lowest BCUT2D eigenvalue weighted by Crippen LogP contribution is -2.45. The minimum absolute atomic E-state index is 0.193. The first-order valence-corrected chi connectivity index (χ1v) is 11.6. The summed E-state index contributed by atoms with van der Waals surface area (Å²) in [5, 5.41) is 9.86. The topological polar surface area (TPSA) is 58.4 Å². The van der Waals surface area contributed by atoms with Crippen LogP contribution in [0.3, 0.4) is 0 Å². The van der Waals surface area contributed by atoms with E-state index < -0.39 is 5.82 Å². The number of benzene rings is 3. The number of fused-ring (bicyclic) bond motifs is 1. The van der Waals surface area contributed by atoms with Crippen LogP contribution in [0.1, 0.15) is 19.4 Å². The minimum Gasteiger partial charge on any atom is -0.495 e. The molecule has 0 bridgehead atoms. The van der Waals surface area contributed by atoms with E-state index in [1.165, 1.54) is 6.07 Å². The van der Waals surface area contributed by atoms with E-state index in [9.17, 15) is 4.39 Å². The molecule has 1 saturated heterocycles. The van der Waals surface area contributed by atoms with E-state index in [0.29, 0.717) is 22.4 Å². The van der Waals surface area contributed by atoms with Crippen LogP contribution in [0.25, 0.3) is 33.2 Å². The average molecular weight is 468 g/mol. The third-order valence-corrected chi connectivity index (χ3v) is 6.40. The minimum atomic E-state index is -0.455.